The average molecular weight is 568 g/mol. The topological polar surface area (TPSA) is 80.6 Å². The van der Waals surface area contributed by atoms with Crippen molar-refractivity contribution in [2.45, 2.75) is 84.8 Å². The van der Waals surface area contributed by atoms with Crippen LogP contribution in [-0.2, 0) is 4.79 Å². The Morgan fingerprint density at radius 2 is 1.64 bits per heavy atom. The van der Waals surface area contributed by atoms with Crippen molar-refractivity contribution in [1.82, 2.24) is 20.0 Å². The fourth-order valence-corrected chi connectivity index (χ4v) is 5.25. The van der Waals surface area contributed by atoms with E-state index in [9.17, 15) is 4.79 Å². The zero-order chi connectivity index (χ0) is 29.0. The third-order valence-electron chi connectivity index (χ3n) is 7.05. The fourth-order valence-electron chi connectivity index (χ4n) is 5.07. The molecule has 0 aromatic heterocycles. The van der Waals surface area contributed by atoms with Crippen LogP contribution < -0.4 is 10.1 Å². The van der Waals surface area contributed by atoms with Crippen molar-refractivity contribution in [2.75, 3.05) is 60.0 Å². The molecule has 0 amide bonds. The summed E-state index contributed by atoms with van der Waals surface area (Å²) < 4.78 is 6.03. The van der Waals surface area contributed by atoms with Gasteiger partial charge in [-0.15, -0.1) is 0 Å². The van der Waals surface area contributed by atoms with Crippen molar-refractivity contribution >= 4 is 28.9 Å². The van der Waals surface area contributed by atoms with Crippen LogP contribution in [0.25, 0.3) is 0 Å². The number of nitrogens with zero attached hydrogens (tertiary/aromatic N) is 4. The number of halogens is 1. The second-order valence-corrected chi connectivity index (χ2v) is 9.80. The highest BCUT2D eigenvalue weighted by Gasteiger charge is 2.30. The Morgan fingerprint density at radius 1 is 1.03 bits per heavy atom. The number of aliphatic hydroxyl groups is 1. The molecule has 0 radical (unpaired) electrons. The number of unbranched alkanes of at least 4 members (excludes halogenated alkanes) is 1. The first-order valence-corrected chi connectivity index (χ1v) is 15.3. The van der Waals surface area contributed by atoms with Gasteiger partial charge in [-0.25, -0.2) is 4.99 Å². The fraction of sp³-hybridized carbons (Fsp3) is 0.733. The molecule has 9 heteroatoms. The zero-order valence-corrected chi connectivity index (χ0v) is 26.1. The van der Waals surface area contributed by atoms with E-state index in [-0.39, 0.29) is 6.17 Å². The molecular weight excluding hydrogens is 514 g/mol. The largest absolute Gasteiger partial charge is 0.493 e. The van der Waals surface area contributed by atoms with Gasteiger partial charge in [0.25, 0.3) is 0 Å². The predicted molar refractivity (Wildman–Crippen MR) is 164 cm³/mol. The van der Waals surface area contributed by atoms with E-state index >= 15 is 0 Å². The minimum absolute atomic E-state index is 0.000768. The molecule has 1 unspecified atom stereocenters. The van der Waals surface area contributed by atoms with Crippen LogP contribution in [-0.4, -0.2) is 97.5 Å². The number of carbonyl (C=O) groups is 1. The maximum atomic E-state index is 10.6. The van der Waals surface area contributed by atoms with E-state index in [1.54, 1.807) is 0 Å². The minimum atomic E-state index is 0.000768. The van der Waals surface area contributed by atoms with Gasteiger partial charge in [-0.05, 0) is 95.0 Å². The molecule has 3 aliphatic rings. The molecule has 0 aliphatic carbocycles. The second-order valence-electron chi connectivity index (χ2n) is 9.46. The van der Waals surface area contributed by atoms with Crippen LogP contribution in [0.2, 0.25) is 0 Å². The van der Waals surface area contributed by atoms with Gasteiger partial charge in [-0.1, -0.05) is 27.7 Å². The number of aldehydes is 1. The van der Waals surface area contributed by atoms with Crippen molar-refractivity contribution in [3.63, 3.8) is 0 Å². The van der Waals surface area contributed by atoms with Crippen molar-refractivity contribution in [1.29, 1.82) is 0 Å². The highest BCUT2D eigenvalue weighted by Crippen LogP contribution is 2.36. The number of aliphatic hydroxyl groups excluding tert-OH is 1. The molecule has 0 saturated carbocycles. The van der Waals surface area contributed by atoms with Gasteiger partial charge in [0.15, 0.2) is 5.29 Å². The monoisotopic (exact) mass is 567 g/mol. The Morgan fingerprint density at radius 3 is 2.28 bits per heavy atom. The van der Waals surface area contributed by atoms with E-state index in [4.69, 9.17) is 21.4 Å². The van der Waals surface area contributed by atoms with E-state index in [0.29, 0.717) is 17.8 Å². The number of benzene rings is 1. The van der Waals surface area contributed by atoms with Crippen LogP contribution in [0.3, 0.4) is 0 Å². The molecule has 2 N–H and O–H groups in total. The maximum absolute atomic E-state index is 10.6. The summed E-state index contributed by atoms with van der Waals surface area (Å²) in [6.07, 6.45) is 8.51. The van der Waals surface area contributed by atoms with E-state index in [2.05, 4.69) is 32.2 Å². The summed E-state index contributed by atoms with van der Waals surface area (Å²) in [7, 11) is 2.99. The average Bonchev–Trinajstić information content (AvgIpc) is 3.51. The quantitative estimate of drug-likeness (QED) is 0.210. The number of carbonyl (C=O) groups excluding carboxylic acids is 1. The molecule has 0 bridgehead atoms. The number of nitrogens with one attached hydrogen (secondary N) is 1. The first-order chi connectivity index (χ1) is 19.1. The highest BCUT2D eigenvalue weighted by molar-refractivity contribution is 6.64. The molecule has 1 aromatic carbocycles. The Balaban J connectivity index is 0.00000119. The number of amidine groups is 1. The lowest BCUT2D eigenvalue weighted by Gasteiger charge is -2.39. The van der Waals surface area contributed by atoms with Gasteiger partial charge in [0.1, 0.15) is 18.2 Å². The Hall–Kier alpha value is -1.71. The third-order valence-corrected chi connectivity index (χ3v) is 7.40. The smallest absolute Gasteiger partial charge is 0.200 e. The zero-order valence-electron chi connectivity index (χ0n) is 25.3. The number of likely N-dealkylation sites (tertiary alicyclic amines) is 2. The SMILES string of the molecule is CC.CC.CN1C(Cl)=Nc2cc(OCCCN3CCCC3)ccc2C1NC1CCN(CCCC=O)CC1.CO. The molecule has 2 fully saturated rings. The van der Waals surface area contributed by atoms with E-state index < -0.39 is 0 Å². The molecule has 4 rings (SSSR count). The summed E-state index contributed by atoms with van der Waals surface area (Å²) in [6.45, 7) is 15.4. The van der Waals surface area contributed by atoms with Gasteiger partial charge in [-0.3, -0.25) is 5.32 Å². The Bertz CT molecular complexity index is 812. The number of aliphatic imine (C=N–C) groups is 1. The summed E-state index contributed by atoms with van der Waals surface area (Å²) in [5.74, 6) is 0.857. The summed E-state index contributed by atoms with van der Waals surface area (Å²) in [6, 6.07) is 6.63. The molecule has 8 nitrogen and oxygen atoms in total. The predicted octanol–water partition coefficient (Wildman–Crippen LogP) is 5.42. The molecule has 0 spiro atoms. The third kappa shape index (κ3) is 11.7. The maximum Gasteiger partial charge on any atom is 0.200 e. The van der Waals surface area contributed by atoms with E-state index in [0.717, 1.165) is 88.9 Å². The molecule has 2 saturated heterocycles. The number of piperidine rings is 1. The van der Waals surface area contributed by atoms with Crippen molar-refractivity contribution < 1.29 is 14.6 Å². The highest BCUT2D eigenvalue weighted by atomic mass is 35.5. The first-order valence-electron chi connectivity index (χ1n) is 15.0. The van der Waals surface area contributed by atoms with Crippen LogP contribution in [0.5, 0.6) is 5.75 Å². The van der Waals surface area contributed by atoms with Gasteiger partial charge < -0.3 is 29.3 Å². The summed E-state index contributed by atoms with van der Waals surface area (Å²) in [5.41, 5.74) is 2.03. The van der Waals surface area contributed by atoms with E-state index in [1.165, 1.54) is 25.9 Å². The van der Waals surface area contributed by atoms with Crippen LogP contribution in [0.15, 0.2) is 23.2 Å². The van der Waals surface area contributed by atoms with Gasteiger partial charge in [0.05, 0.1) is 12.3 Å². The van der Waals surface area contributed by atoms with Gasteiger partial charge in [0, 0.05) is 44.8 Å². The molecule has 3 heterocycles. The number of hydrogen-bond acceptors (Lipinski definition) is 8. The second kappa shape index (κ2) is 21.1. The summed E-state index contributed by atoms with van der Waals surface area (Å²) in [5, 5.41) is 11.3. The summed E-state index contributed by atoms with van der Waals surface area (Å²) in [4.78, 5) is 22.2. The van der Waals surface area contributed by atoms with Crippen molar-refractivity contribution in [3.8, 4) is 5.75 Å². The Labute approximate surface area is 242 Å². The van der Waals surface area contributed by atoms with Crippen LogP contribution >= 0.6 is 11.6 Å². The standard InChI is InChI=1S/C25H38ClN5O2.2C2H6.CH4O/c1-29-24(27-20-9-15-31(16-10-20)13-4-5-17-32)22-8-7-21(19-23(22)28-25(29)26)33-18-6-14-30-11-2-3-12-30;3*1-2/h7-8,17,19-20,24,27H,2-6,9-16,18H2,1H3;2*1-2H3;2H,1H3. The molecule has 39 heavy (non-hydrogen) atoms. The molecule has 1 aromatic rings. The van der Waals surface area contributed by atoms with Crippen molar-refractivity contribution in [3.05, 3.63) is 23.8 Å². The Kier molecular flexibility index (Phi) is 19.1. The minimum Gasteiger partial charge on any atom is -0.493 e. The number of hydrogen-bond donors (Lipinski definition) is 2. The molecule has 224 valence electrons. The summed E-state index contributed by atoms with van der Waals surface area (Å²) >= 11 is 6.51. The number of rotatable bonds is 11. The lowest BCUT2D eigenvalue weighted by atomic mass is 10.0. The normalized spacial score (nSPS) is 19.3. The number of ether oxygens (including phenoxy) is 1. The lowest BCUT2D eigenvalue weighted by molar-refractivity contribution is -0.108. The molecular formula is C30H54ClN5O3. The van der Waals surface area contributed by atoms with Crippen molar-refractivity contribution in [2.24, 2.45) is 4.99 Å². The van der Waals surface area contributed by atoms with Crippen LogP contribution in [0, 0.1) is 0 Å². The van der Waals surface area contributed by atoms with Crippen LogP contribution in [0.1, 0.15) is 84.4 Å². The van der Waals surface area contributed by atoms with E-state index in [1.807, 2.05) is 45.7 Å². The van der Waals surface area contributed by atoms with Crippen LogP contribution in [0.4, 0.5) is 5.69 Å². The van der Waals surface area contributed by atoms with Gasteiger partial charge >= 0.3 is 0 Å². The van der Waals surface area contributed by atoms with Gasteiger partial charge in [0.2, 0.25) is 0 Å². The first kappa shape index (κ1) is 35.3. The molecule has 1 atom stereocenters. The van der Waals surface area contributed by atoms with Gasteiger partial charge in [-0.2, -0.15) is 0 Å². The lowest BCUT2D eigenvalue weighted by Crippen LogP contribution is -2.48. The molecule has 3 aliphatic heterocycles. The number of fused-ring (bicyclic) bond motifs is 1.